The van der Waals surface area contributed by atoms with Crippen molar-refractivity contribution in [3.63, 3.8) is 0 Å². The van der Waals surface area contributed by atoms with Crippen LogP contribution in [-0.2, 0) is 21.6 Å². The number of carbonyl (C=O) groups is 2. The third kappa shape index (κ3) is 6.69. The van der Waals surface area contributed by atoms with Crippen LogP contribution >= 0.6 is 23.2 Å². The molecule has 6 rings (SSSR count). The molecule has 1 spiro atoms. The number of halogens is 3. The molecule has 0 aromatic heterocycles. The second-order valence-electron chi connectivity index (χ2n) is 12.0. The summed E-state index contributed by atoms with van der Waals surface area (Å²) in [6, 6.07) is 20.4. The number of hydrogen-bond acceptors (Lipinski definition) is 4. The lowest BCUT2D eigenvalue weighted by Gasteiger charge is -2.44. The van der Waals surface area contributed by atoms with Crippen LogP contribution in [0.25, 0.3) is 0 Å². The van der Waals surface area contributed by atoms with Crippen LogP contribution in [0.5, 0.6) is 0 Å². The quantitative estimate of drug-likeness (QED) is 0.294. The Morgan fingerprint density at radius 1 is 0.977 bits per heavy atom. The van der Waals surface area contributed by atoms with Crippen LogP contribution in [-0.4, -0.2) is 54.5 Å². The van der Waals surface area contributed by atoms with Crippen molar-refractivity contribution < 1.29 is 18.7 Å². The number of amides is 2. The zero-order valence-corrected chi connectivity index (χ0v) is 25.5. The second-order valence-corrected chi connectivity index (χ2v) is 12.8. The summed E-state index contributed by atoms with van der Waals surface area (Å²) in [6.45, 7) is 3.51. The minimum atomic E-state index is -0.848. The molecule has 226 valence electrons. The summed E-state index contributed by atoms with van der Waals surface area (Å²) in [7, 11) is 0. The van der Waals surface area contributed by atoms with Gasteiger partial charge in [-0.15, -0.1) is 0 Å². The molecular formula is C34H36Cl2FN3O3. The summed E-state index contributed by atoms with van der Waals surface area (Å²) in [5.74, 6) is -0.00445. The second kappa shape index (κ2) is 12.8. The van der Waals surface area contributed by atoms with Gasteiger partial charge in [0.05, 0.1) is 21.7 Å². The molecule has 2 saturated heterocycles. The molecule has 2 amide bonds. The Hall–Kier alpha value is -3.13. The molecule has 1 unspecified atom stereocenters. The topological polar surface area (TPSA) is 61.9 Å². The van der Waals surface area contributed by atoms with E-state index in [4.69, 9.17) is 27.9 Å². The monoisotopic (exact) mass is 623 g/mol. The predicted octanol–water partition coefficient (Wildman–Crippen LogP) is 7.64. The number of nitrogens with zero attached hydrogens (tertiary/aromatic N) is 2. The first kappa shape index (κ1) is 29.9. The van der Waals surface area contributed by atoms with Crippen molar-refractivity contribution in [1.29, 1.82) is 0 Å². The highest BCUT2D eigenvalue weighted by Crippen LogP contribution is 2.44. The molecule has 0 bridgehead atoms. The largest absolute Gasteiger partial charge is 0.438 e. The van der Waals surface area contributed by atoms with Crippen LogP contribution in [0.1, 0.15) is 54.7 Å². The van der Waals surface area contributed by atoms with E-state index in [1.54, 1.807) is 12.1 Å². The number of fused-ring (bicyclic) bond motifs is 2. The van der Waals surface area contributed by atoms with Gasteiger partial charge in [0, 0.05) is 44.6 Å². The third-order valence-electron chi connectivity index (χ3n) is 9.33. The first-order valence-electron chi connectivity index (χ1n) is 15.1. The zero-order valence-electron chi connectivity index (χ0n) is 24.0. The van der Waals surface area contributed by atoms with Crippen molar-refractivity contribution in [2.75, 3.05) is 38.0 Å². The minimum absolute atomic E-state index is 0.127. The molecule has 43 heavy (non-hydrogen) atoms. The summed E-state index contributed by atoms with van der Waals surface area (Å²) < 4.78 is 19.9. The molecule has 0 radical (unpaired) electrons. The van der Waals surface area contributed by atoms with Crippen molar-refractivity contribution in [1.82, 2.24) is 9.80 Å². The van der Waals surface area contributed by atoms with Gasteiger partial charge in [-0.2, -0.15) is 0 Å². The number of benzene rings is 3. The summed E-state index contributed by atoms with van der Waals surface area (Å²) >= 11 is 12.6. The first-order chi connectivity index (χ1) is 20.8. The summed E-state index contributed by atoms with van der Waals surface area (Å²) in [5.41, 5.74) is 2.66. The molecule has 1 atom stereocenters. The lowest BCUT2D eigenvalue weighted by molar-refractivity contribution is -0.134. The Kier molecular flexibility index (Phi) is 8.94. The number of nitrogens with one attached hydrogen (secondary N) is 1. The number of ether oxygens (including phenoxy) is 1. The molecule has 2 fully saturated rings. The van der Waals surface area contributed by atoms with Gasteiger partial charge >= 0.3 is 6.09 Å². The maximum atomic E-state index is 14.1. The number of carbonyl (C=O) groups excluding carboxylic acids is 2. The molecule has 3 aromatic rings. The number of anilines is 1. The Balaban J connectivity index is 1.11. The van der Waals surface area contributed by atoms with Crippen LogP contribution < -0.4 is 5.32 Å². The van der Waals surface area contributed by atoms with Gasteiger partial charge < -0.3 is 14.5 Å². The van der Waals surface area contributed by atoms with E-state index in [-0.39, 0.29) is 17.6 Å². The highest BCUT2D eigenvalue weighted by molar-refractivity contribution is 6.42. The van der Waals surface area contributed by atoms with E-state index in [0.29, 0.717) is 66.1 Å². The molecule has 0 saturated carbocycles. The van der Waals surface area contributed by atoms with Crippen LogP contribution in [0.3, 0.4) is 0 Å². The fourth-order valence-corrected chi connectivity index (χ4v) is 7.18. The molecular weight excluding hydrogens is 588 g/mol. The van der Waals surface area contributed by atoms with Gasteiger partial charge in [-0.05, 0) is 79.6 Å². The van der Waals surface area contributed by atoms with Gasteiger partial charge in [-0.1, -0.05) is 59.6 Å². The van der Waals surface area contributed by atoms with E-state index >= 15 is 0 Å². The maximum absolute atomic E-state index is 14.1. The normalized spacial score (nSPS) is 19.4. The molecule has 3 aromatic carbocycles. The van der Waals surface area contributed by atoms with Gasteiger partial charge in [0.25, 0.3) is 0 Å². The first-order valence-corrected chi connectivity index (χ1v) is 15.9. The van der Waals surface area contributed by atoms with E-state index in [2.05, 4.69) is 34.5 Å². The molecule has 3 aliphatic heterocycles. The smallest absolute Gasteiger partial charge is 0.412 e. The third-order valence-corrected chi connectivity index (χ3v) is 10.1. The minimum Gasteiger partial charge on any atom is -0.438 e. The van der Waals surface area contributed by atoms with Crippen molar-refractivity contribution in [2.24, 2.45) is 5.92 Å². The van der Waals surface area contributed by atoms with E-state index < -0.39 is 11.7 Å². The number of piperidine rings is 2. The van der Waals surface area contributed by atoms with Crippen molar-refractivity contribution >= 4 is 40.9 Å². The summed E-state index contributed by atoms with van der Waals surface area (Å²) in [5, 5.41) is 3.60. The Morgan fingerprint density at radius 2 is 1.72 bits per heavy atom. The number of hydrogen-bond donors (Lipinski definition) is 1. The lowest BCUT2D eigenvalue weighted by Crippen LogP contribution is -2.49. The Labute approximate surface area is 262 Å². The predicted molar refractivity (Wildman–Crippen MR) is 167 cm³/mol. The summed E-state index contributed by atoms with van der Waals surface area (Å²) in [4.78, 5) is 30.6. The molecule has 0 aliphatic carbocycles. The van der Waals surface area contributed by atoms with Crippen LogP contribution in [0.4, 0.5) is 14.9 Å². The molecule has 9 heteroatoms. The fraction of sp³-hybridized carbons (Fsp3) is 0.412. The SMILES string of the molecule is O=C1Nc2ccc(F)cc2C2(CCN(CCC(C(=O)N3CCC(Cc4ccccc4)CC3)c3ccc(Cl)c(Cl)c3)CC2)O1. The van der Waals surface area contributed by atoms with E-state index in [0.717, 1.165) is 37.9 Å². The number of likely N-dealkylation sites (tertiary alicyclic amines) is 2. The van der Waals surface area contributed by atoms with Gasteiger partial charge in [0.15, 0.2) is 0 Å². The Bertz CT molecular complexity index is 1470. The van der Waals surface area contributed by atoms with E-state index in [1.165, 1.54) is 17.7 Å². The van der Waals surface area contributed by atoms with E-state index in [9.17, 15) is 14.0 Å². The lowest BCUT2D eigenvalue weighted by atomic mass is 9.82. The maximum Gasteiger partial charge on any atom is 0.412 e. The van der Waals surface area contributed by atoms with Gasteiger partial charge in [-0.3, -0.25) is 10.1 Å². The van der Waals surface area contributed by atoms with Gasteiger partial charge in [0.2, 0.25) is 5.91 Å². The average Bonchev–Trinajstić information content (AvgIpc) is 3.01. The van der Waals surface area contributed by atoms with Crippen molar-refractivity contribution in [3.05, 3.63) is 99.3 Å². The van der Waals surface area contributed by atoms with E-state index in [1.807, 2.05) is 23.1 Å². The molecule has 3 heterocycles. The van der Waals surface area contributed by atoms with Crippen LogP contribution in [0.2, 0.25) is 10.0 Å². The fourth-order valence-electron chi connectivity index (χ4n) is 6.88. The summed E-state index contributed by atoms with van der Waals surface area (Å²) in [6.07, 6.45) is 4.23. The average molecular weight is 625 g/mol. The molecule has 6 nitrogen and oxygen atoms in total. The zero-order chi connectivity index (χ0) is 30.0. The standard InChI is InChI=1S/C34H36Cl2FN3O3/c35-29-8-6-25(21-30(29)36)27(32(41)40-16-10-24(11-17-40)20-23-4-2-1-3-5-23)12-15-39-18-13-34(14-19-39)28-22-26(37)7-9-31(28)38-33(42)43-34/h1-9,21-22,24,27H,10-20H2,(H,38,42). The molecule has 1 N–H and O–H groups in total. The highest BCUT2D eigenvalue weighted by Gasteiger charge is 2.44. The van der Waals surface area contributed by atoms with Crippen LogP contribution in [0.15, 0.2) is 66.7 Å². The number of rotatable bonds is 7. The Morgan fingerprint density at radius 3 is 2.44 bits per heavy atom. The molecule has 3 aliphatic rings. The van der Waals surface area contributed by atoms with Crippen molar-refractivity contribution in [2.45, 2.75) is 50.0 Å². The highest BCUT2D eigenvalue weighted by atomic mass is 35.5. The van der Waals surface area contributed by atoms with Gasteiger partial charge in [0.1, 0.15) is 11.4 Å². The van der Waals surface area contributed by atoms with Gasteiger partial charge in [-0.25, -0.2) is 9.18 Å². The van der Waals surface area contributed by atoms with Crippen molar-refractivity contribution in [3.8, 4) is 0 Å². The van der Waals surface area contributed by atoms with Crippen LogP contribution in [0, 0.1) is 11.7 Å².